The van der Waals surface area contributed by atoms with E-state index in [1.54, 1.807) is 24.5 Å². The third kappa shape index (κ3) is 3.38. The van der Waals surface area contributed by atoms with Crippen LogP contribution in [0.4, 0.5) is 0 Å². The molecular weight excluding hydrogens is 380 g/mol. The Morgan fingerprint density at radius 2 is 1.80 bits per heavy atom. The SMILES string of the molecule is O=C(Cc1ccccc1)N1CC2(C1)CN(C(=O)c1cccnc1)C[C@@H]1C[C@@H](O)CN12. The lowest BCUT2D eigenvalue weighted by Gasteiger charge is -2.60. The molecule has 1 aromatic carbocycles. The lowest BCUT2D eigenvalue weighted by molar-refractivity contribution is -0.153. The minimum atomic E-state index is -0.380. The molecule has 2 atom stereocenters. The van der Waals surface area contributed by atoms with Gasteiger partial charge in [0, 0.05) is 51.2 Å². The van der Waals surface area contributed by atoms with E-state index in [2.05, 4.69) is 9.88 Å². The number of likely N-dealkylation sites (tertiary alicyclic amines) is 1. The fourth-order valence-corrected chi connectivity index (χ4v) is 5.24. The molecule has 3 aliphatic heterocycles. The van der Waals surface area contributed by atoms with Crippen LogP contribution < -0.4 is 0 Å². The van der Waals surface area contributed by atoms with Crippen LogP contribution in [0.3, 0.4) is 0 Å². The molecule has 156 valence electrons. The van der Waals surface area contributed by atoms with E-state index in [1.807, 2.05) is 40.1 Å². The largest absolute Gasteiger partial charge is 0.392 e. The average Bonchev–Trinajstić information content (AvgIpc) is 3.12. The van der Waals surface area contributed by atoms with Gasteiger partial charge in [0.2, 0.25) is 5.91 Å². The molecule has 0 saturated carbocycles. The molecule has 2 amide bonds. The number of carbonyl (C=O) groups excluding carboxylic acids is 2. The number of rotatable bonds is 3. The molecule has 7 heteroatoms. The first-order valence-electron chi connectivity index (χ1n) is 10.5. The highest BCUT2D eigenvalue weighted by molar-refractivity contribution is 5.94. The van der Waals surface area contributed by atoms with Crippen molar-refractivity contribution < 1.29 is 14.7 Å². The van der Waals surface area contributed by atoms with E-state index in [1.165, 1.54) is 0 Å². The van der Waals surface area contributed by atoms with Crippen molar-refractivity contribution in [3.05, 3.63) is 66.0 Å². The maximum Gasteiger partial charge on any atom is 0.255 e. The molecule has 1 N–H and O–H groups in total. The number of aliphatic hydroxyl groups excluding tert-OH is 1. The first-order chi connectivity index (χ1) is 14.5. The number of β-amino-alcohol motifs (C(OH)–C–C–N with tert-alkyl or cyclic N) is 1. The topological polar surface area (TPSA) is 77.0 Å². The van der Waals surface area contributed by atoms with Gasteiger partial charge in [-0.25, -0.2) is 0 Å². The van der Waals surface area contributed by atoms with E-state index in [0.717, 1.165) is 5.56 Å². The summed E-state index contributed by atoms with van der Waals surface area (Å²) in [6.45, 7) is 2.97. The third-order valence-corrected chi connectivity index (χ3v) is 6.63. The van der Waals surface area contributed by atoms with Crippen molar-refractivity contribution >= 4 is 11.8 Å². The summed E-state index contributed by atoms with van der Waals surface area (Å²) < 4.78 is 0. The maximum atomic E-state index is 13.1. The number of piperazine rings is 1. The zero-order valence-corrected chi connectivity index (χ0v) is 16.9. The highest BCUT2D eigenvalue weighted by Gasteiger charge is 2.57. The molecule has 30 heavy (non-hydrogen) atoms. The zero-order chi connectivity index (χ0) is 20.7. The van der Waals surface area contributed by atoms with E-state index in [4.69, 9.17) is 0 Å². The van der Waals surface area contributed by atoms with Crippen molar-refractivity contribution in [3.63, 3.8) is 0 Å². The second kappa shape index (κ2) is 7.49. The lowest BCUT2D eigenvalue weighted by atomic mass is 9.83. The van der Waals surface area contributed by atoms with Crippen LogP contribution in [0.1, 0.15) is 22.3 Å². The van der Waals surface area contributed by atoms with Gasteiger partial charge < -0.3 is 14.9 Å². The van der Waals surface area contributed by atoms with Crippen molar-refractivity contribution in [2.24, 2.45) is 0 Å². The monoisotopic (exact) mass is 406 g/mol. The predicted molar refractivity (Wildman–Crippen MR) is 111 cm³/mol. The second-order valence-corrected chi connectivity index (χ2v) is 8.76. The second-order valence-electron chi connectivity index (χ2n) is 8.76. The van der Waals surface area contributed by atoms with Crippen LogP contribution in [-0.4, -0.2) is 87.0 Å². The fourth-order valence-electron chi connectivity index (χ4n) is 5.24. The molecule has 5 rings (SSSR count). The molecule has 3 aliphatic rings. The van der Waals surface area contributed by atoms with Gasteiger partial charge in [-0.3, -0.25) is 19.5 Å². The number of fused-ring (bicyclic) bond motifs is 2. The number of aliphatic hydroxyl groups is 1. The van der Waals surface area contributed by atoms with E-state index < -0.39 is 0 Å². The Labute approximate surface area is 175 Å². The minimum Gasteiger partial charge on any atom is -0.392 e. The Morgan fingerprint density at radius 3 is 2.53 bits per heavy atom. The molecule has 3 saturated heterocycles. The van der Waals surface area contributed by atoms with Crippen LogP contribution in [0.15, 0.2) is 54.9 Å². The summed E-state index contributed by atoms with van der Waals surface area (Å²) in [6.07, 6.45) is 3.93. The van der Waals surface area contributed by atoms with Crippen LogP contribution in [0.25, 0.3) is 0 Å². The molecule has 1 aromatic heterocycles. The number of hydrogen-bond donors (Lipinski definition) is 1. The van der Waals surface area contributed by atoms with Crippen LogP contribution >= 0.6 is 0 Å². The van der Waals surface area contributed by atoms with Crippen molar-refractivity contribution in [2.45, 2.75) is 30.5 Å². The van der Waals surface area contributed by atoms with Gasteiger partial charge in [0.05, 0.1) is 23.6 Å². The number of pyridine rings is 1. The molecule has 7 nitrogen and oxygen atoms in total. The first-order valence-corrected chi connectivity index (χ1v) is 10.5. The van der Waals surface area contributed by atoms with Crippen molar-refractivity contribution in [2.75, 3.05) is 32.7 Å². The Balaban J connectivity index is 1.32. The molecule has 0 bridgehead atoms. The lowest BCUT2D eigenvalue weighted by Crippen LogP contribution is -2.79. The van der Waals surface area contributed by atoms with Gasteiger partial charge in [-0.05, 0) is 24.1 Å². The van der Waals surface area contributed by atoms with Gasteiger partial charge in [0.25, 0.3) is 5.91 Å². The van der Waals surface area contributed by atoms with Crippen LogP contribution in [0, 0.1) is 0 Å². The quantitative estimate of drug-likeness (QED) is 0.816. The van der Waals surface area contributed by atoms with E-state index >= 15 is 0 Å². The molecule has 0 radical (unpaired) electrons. The summed E-state index contributed by atoms with van der Waals surface area (Å²) in [7, 11) is 0. The van der Waals surface area contributed by atoms with Gasteiger partial charge in [0.1, 0.15) is 0 Å². The molecule has 1 spiro atoms. The summed E-state index contributed by atoms with van der Waals surface area (Å²) >= 11 is 0. The molecule has 0 aliphatic carbocycles. The van der Waals surface area contributed by atoms with Crippen molar-refractivity contribution in [1.29, 1.82) is 0 Å². The van der Waals surface area contributed by atoms with Gasteiger partial charge in [-0.2, -0.15) is 0 Å². The Morgan fingerprint density at radius 1 is 1.03 bits per heavy atom. The van der Waals surface area contributed by atoms with Gasteiger partial charge >= 0.3 is 0 Å². The zero-order valence-electron chi connectivity index (χ0n) is 16.9. The Bertz CT molecular complexity index is 930. The average molecular weight is 406 g/mol. The molecule has 3 fully saturated rings. The summed E-state index contributed by atoms with van der Waals surface area (Å²) in [5.41, 5.74) is 1.32. The highest BCUT2D eigenvalue weighted by Crippen LogP contribution is 2.39. The normalized spacial score (nSPS) is 25.1. The smallest absolute Gasteiger partial charge is 0.255 e. The van der Waals surface area contributed by atoms with Crippen LogP contribution in [0.5, 0.6) is 0 Å². The Kier molecular flexibility index (Phi) is 4.79. The van der Waals surface area contributed by atoms with Gasteiger partial charge in [-0.1, -0.05) is 30.3 Å². The molecule has 4 heterocycles. The summed E-state index contributed by atoms with van der Waals surface area (Å²) in [5.74, 6) is 0.0800. The summed E-state index contributed by atoms with van der Waals surface area (Å²) in [6, 6.07) is 13.5. The van der Waals surface area contributed by atoms with Crippen molar-refractivity contribution in [1.82, 2.24) is 19.7 Å². The number of nitrogens with zero attached hydrogens (tertiary/aromatic N) is 4. The highest BCUT2D eigenvalue weighted by atomic mass is 16.3. The number of amides is 2. The third-order valence-electron chi connectivity index (χ3n) is 6.63. The van der Waals surface area contributed by atoms with Gasteiger partial charge in [-0.15, -0.1) is 0 Å². The molecule has 0 unspecified atom stereocenters. The molecule has 2 aromatic rings. The fraction of sp³-hybridized carbons (Fsp3) is 0.435. The molecular formula is C23H26N4O3. The van der Waals surface area contributed by atoms with E-state index in [0.29, 0.717) is 51.1 Å². The predicted octanol–water partition coefficient (Wildman–Crippen LogP) is 0.796. The number of aromatic nitrogens is 1. The van der Waals surface area contributed by atoms with E-state index in [9.17, 15) is 14.7 Å². The Hall–Kier alpha value is -2.77. The maximum absolute atomic E-state index is 13.1. The summed E-state index contributed by atoms with van der Waals surface area (Å²) in [5, 5.41) is 10.3. The standard InChI is InChI=1S/C23H26N4O3/c28-20-10-19-12-25(22(30)18-7-4-8-24-11-18)14-23(27(19)13-20)15-26(16-23)21(29)9-17-5-2-1-3-6-17/h1-8,11,19-20,28H,9-10,12-16H2/t19-,20+/m0/s1. The number of carbonyl (C=O) groups is 2. The number of hydrogen-bond acceptors (Lipinski definition) is 5. The van der Waals surface area contributed by atoms with E-state index in [-0.39, 0.29) is 29.5 Å². The van der Waals surface area contributed by atoms with Crippen LogP contribution in [-0.2, 0) is 11.2 Å². The summed E-state index contributed by atoms with van der Waals surface area (Å²) in [4.78, 5) is 36.0. The van der Waals surface area contributed by atoms with Crippen molar-refractivity contribution in [3.8, 4) is 0 Å². The first kappa shape index (κ1) is 19.2. The van der Waals surface area contributed by atoms with Crippen LogP contribution in [0.2, 0.25) is 0 Å². The number of benzene rings is 1. The minimum absolute atomic E-state index is 0.0300. The van der Waals surface area contributed by atoms with Gasteiger partial charge in [0.15, 0.2) is 0 Å².